The van der Waals surface area contributed by atoms with Crippen molar-refractivity contribution < 1.29 is 31.1 Å². The van der Waals surface area contributed by atoms with Crippen LogP contribution in [-0.4, -0.2) is 62.8 Å². The molecule has 148 valence electrons. The molecule has 2 rings (SSSR count). The van der Waals surface area contributed by atoms with E-state index in [-0.39, 0.29) is 16.9 Å². The first kappa shape index (κ1) is 20.9. The van der Waals surface area contributed by atoms with Gasteiger partial charge >= 0.3 is 6.18 Å². The Labute approximate surface area is 150 Å². The lowest BCUT2D eigenvalue weighted by atomic mass is 10.1. The molecule has 0 unspecified atom stereocenters. The lowest BCUT2D eigenvalue weighted by Gasteiger charge is -2.31. The van der Waals surface area contributed by atoms with Crippen molar-refractivity contribution >= 4 is 10.0 Å². The number of aromatic nitrogens is 1. The SMILES string of the molecule is NCCCOC1CCN(S(=O)(=O)c2ccc(OCC(F)(F)F)nc2)CC1. The predicted octanol–water partition coefficient (Wildman–Crippen LogP) is 1.54. The van der Waals surface area contributed by atoms with E-state index in [0.29, 0.717) is 39.1 Å². The first-order valence-electron chi connectivity index (χ1n) is 8.20. The maximum Gasteiger partial charge on any atom is 0.422 e. The second-order valence-corrected chi connectivity index (χ2v) is 7.79. The molecule has 0 amide bonds. The number of hydrogen-bond acceptors (Lipinski definition) is 6. The van der Waals surface area contributed by atoms with Crippen LogP contribution in [0.5, 0.6) is 5.88 Å². The molecule has 1 aliphatic rings. The van der Waals surface area contributed by atoms with Gasteiger partial charge in [-0.3, -0.25) is 0 Å². The molecule has 0 atom stereocenters. The zero-order valence-electron chi connectivity index (χ0n) is 14.1. The first-order valence-corrected chi connectivity index (χ1v) is 9.64. The summed E-state index contributed by atoms with van der Waals surface area (Å²) in [6.07, 6.45) is -1.57. The van der Waals surface area contributed by atoms with Crippen LogP contribution in [0.4, 0.5) is 13.2 Å². The summed E-state index contributed by atoms with van der Waals surface area (Å²) in [7, 11) is -3.75. The van der Waals surface area contributed by atoms with E-state index in [1.165, 1.54) is 10.4 Å². The number of hydrogen-bond donors (Lipinski definition) is 1. The predicted molar refractivity (Wildman–Crippen MR) is 87.2 cm³/mol. The van der Waals surface area contributed by atoms with Gasteiger partial charge in [0.1, 0.15) is 4.90 Å². The standard InChI is InChI=1S/C15H22F3N3O4S/c16-15(17,18)11-25-14-3-2-13(10-20-14)26(22,23)21-7-4-12(5-8-21)24-9-1-6-19/h2-3,10,12H,1,4-9,11,19H2. The van der Waals surface area contributed by atoms with Crippen molar-refractivity contribution in [2.24, 2.45) is 5.73 Å². The van der Waals surface area contributed by atoms with Crippen LogP contribution in [-0.2, 0) is 14.8 Å². The second-order valence-electron chi connectivity index (χ2n) is 5.85. The molecule has 0 spiro atoms. The number of ether oxygens (including phenoxy) is 2. The number of nitrogens with zero attached hydrogens (tertiary/aromatic N) is 2. The van der Waals surface area contributed by atoms with Gasteiger partial charge in [-0.15, -0.1) is 0 Å². The van der Waals surface area contributed by atoms with Gasteiger partial charge in [-0.25, -0.2) is 13.4 Å². The quantitative estimate of drug-likeness (QED) is 0.669. The van der Waals surface area contributed by atoms with Crippen LogP contribution >= 0.6 is 0 Å². The smallest absolute Gasteiger partial charge is 0.422 e. The summed E-state index contributed by atoms with van der Waals surface area (Å²) in [6, 6.07) is 2.30. The van der Waals surface area contributed by atoms with Gasteiger partial charge in [-0.2, -0.15) is 17.5 Å². The van der Waals surface area contributed by atoms with Crippen molar-refractivity contribution in [3.8, 4) is 5.88 Å². The van der Waals surface area contributed by atoms with Gasteiger partial charge < -0.3 is 15.2 Å². The number of pyridine rings is 1. The van der Waals surface area contributed by atoms with Gasteiger partial charge in [0.2, 0.25) is 15.9 Å². The molecule has 2 N–H and O–H groups in total. The summed E-state index contributed by atoms with van der Waals surface area (Å²) in [6.45, 7) is 0.230. The van der Waals surface area contributed by atoms with Crippen molar-refractivity contribution in [3.05, 3.63) is 18.3 Å². The second kappa shape index (κ2) is 8.98. The normalized spacial score (nSPS) is 17.4. The average Bonchev–Trinajstić information content (AvgIpc) is 2.60. The Bertz CT molecular complexity index is 660. The van der Waals surface area contributed by atoms with Gasteiger partial charge in [0, 0.05) is 25.8 Å². The third-order valence-corrected chi connectivity index (χ3v) is 5.72. The molecule has 0 saturated carbocycles. The van der Waals surface area contributed by atoms with E-state index in [1.54, 1.807) is 0 Å². The van der Waals surface area contributed by atoms with Gasteiger partial charge in [0.25, 0.3) is 0 Å². The van der Waals surface area contributed by atoms with Crippen LogP contribution in [0.1, 0.15) is 19.3 Å². The Morgan fingerprint density at radius 1 is 1.27 bits per heavy atom. The fourth-order valence-corrected chi connectivity index (χ4v) is 3.90. The van der Waals surface area contributed by atoms with Crippen LogP contribution in [0.25, 0.3) is 0 Å². The minimum atomic E-state index is -4.48. The van der Waals surface area contributed by atoms with E-state index in [4.69, 9.17) is 10.5 Å². The van der Waals surface area contributed by atoms with Gasteiger partial charge in [0.15, 0.2) is 6.61 Å². The fraction of sp³-hybridized carbons (Fsp3) is 0.667. The maximum atomic E-state index is 12.6. The van der Waals surface area contributed by atoms with E-state index in [0.717, 1.165) is 18.7 Å². The molecule has 1 saturated heterocycles. The van der Waals surface area contributed by atoms with E-state index in [2.05, 4.69) is 9.72 Å². The van der Waals surface area contributed by atoms with E-state index < -0.39 is 22.8 Å². The third kappa shape index (κ3) is 6.08. The first-order chi connectivity index (χ1) is 12.2. The summed E-state index contributed by atoms with van der Waals surface area (Å²) in [5.41, 5.74) is 5.40. The van der Waals surface area contributed by atoms with Crippen LogP contribution in [0.3, 0.4) is 0 Å². The van der Waals surface area contributed by atoms with Crippen LogP contribution in [0, 0.1) is 0 Å². The lowest BCUT2D eigenvalue weighted by molar-refractivity contribution is -0.154. The van der Waals surface area contributed by atoms with E-state index in [1.807, 2.05) is 0 Å². The van der Waals surface area contributed by atoms with Crippen molar-refractivity contribution in [2.45, 2.75) is 36.4 Å². The molecular weight excluding hydrogens is 375 g/mol. The zero-order valence-corrected chi connectivity index (χ0v) is 14.9. The molecule has 0 bridgehead atoms. The topological polar surface area (TPSA) is 94.8 Å². The van der Waals surface area contributed by atoms with Crippen LogP contribution < -0.4 is 10.5 Å². The number of halogens is 3. The van der Waals surface area contributed by atoms with Crippen molar-refractivity contribution in [1.29, 1.82) is 0 Å². The minimum Gasteiger partial charge on any atom is -0.468 e. The zero-order chi connectivity index (χ0) is 19.2. The third-order valence-electron chi connectivity index (χ3n) is 3.83. The Morgan fingerprint density at radius 2 is 1.96 bits per heavy atom. The molecule has 1 fully saturated rings. The molecule has 2 heterocycles. The number of piperidine rings is 1. The van der Waals surface area contributed by atoms with E-state index >= 15 is 0 Å². The summed E-state index contributed by atoms with van der Waals surface area (Å²) in [4.78, 5) is 3.56. The fourth-order valence-electron chi connectivity index (χ4n) is 2.48. The molecule has 26 heavy (non-hydrogen) atoms. The Kier molecular flexibility index (Phi) is 7.21. The minimum absolute atomic E-state index is 0.00395. The number of alkyl halides is 3. The summed E-state index contributed by atoms with van der Waals surface area (Å²) < 4.78 is 72.9. The maximum absolute atomic E-state index is 12.6. The van der Waals surface area contributed by atoms with Gasteiger partial charge in [0.05, 0.1) is 12.3 Å². The molecular formula is C15H22F3N3O4S. The lowest BCUT2D eigenvalue weighted by Crippen LogP contribution is -2.41. The van der Waals surface area contributed by atoms with Gasteiger partial charge in [-0.1, -0.05) is 0 Å². The number of sulfonamides is 1. The summed E-state index contributed by atoms with van der Waals surface area (Å²) in [5.74, 6) is -0.284. The number of rotatable bonds is 8. The Balaban J connectivity index is 1.91. The Hall–Kier alpha value is -1.43. The highest BCUT2D eigenvalue weighted by Crippen LogP contribution is 2.23. The molecule has 1 aromatic heterocycles. The van der Waals surface area contributed by atoms with Crippen molar-refractivity contribution in [2.75, 3.05) is 32.8 Å². The molecule has 0 aromatic carbocycles. The van der Waals surface area contributed by atoms with Crippen molar-refractivity contribution in [1.82, 2.24) is 9.29 Å². The highest BCUT2D eigenvalue weighted by Gasteiger charge is 2.31. The molecule has 0 aliphatic carbocycles. The summed E-state index contributed by atoms with van der Waals surface area (Å²) >= 11 is 0. The molecule has 0 radical (unpaired) electrons. The van der Waals surface area contributed by atoms with Crippen LogP contribution in [0.15, 0.2) is 23.2 Å². The average molecular weight is 397 g/mol. The largest absolute Gasteiger partial charge is 0.468 e. The Morgan fingerprint density at radius 3 is 2.50 bits per heavy atom. The molecule has 7 nitrogen and oxygen atoms in total. The highest BCUT2D eigenvalue weighted by atomic mass is 32.2. The van der Waals surface area contributed by atoms with Gasteiger partial charge in [-0.05, 0) is 31.9 Å². The molecule has 11 heteroatoms. The number of nitrogens with two attached hydrogens (primary N) is 1. The van der Waals surface area contributed by atoms with Crippen molar-refractivity contribution in [3.63, 3.8) is 0 Å². The molecule has 1 aromatic rings. The summed E-state index contributed by atoms with van der Waals surface area (Å²) in [5, 5.41) is 0. The molecule has 1 aliphatic heterocycles. The highest BCUT2D eigenvalue weighted by molar-refractivity contribution is 7.89. The van der Waals surface area contributed by atoms with Crippen LogP contribution in [0.2, 0.25) is 0 Å². The van der Waals surface area contributed by atoms with E-state index in [9.17, 15) is 21.6 Å². The monoisotopic (exact) mass is 397 g/mol.